The van der Waals surface area contributed by atoms with Crippen LogP contribution in [0, 0.1) is 5.92 Å². The number of hydrogen-bond donors (Lipinski definition) is 4. The van der Waals surface area contributed by atoms with Crippen LogP contribution in [0.15, 0.2) is 48.5 Å². The van der Waals surface area contributed by atoms with Crippen LogP contribution in [0.25, 0.3) is 0 Å². The Bertz CT molecular complexity index is 952. The minimum absolute atomic E-state index is 0.190. The summed E-state index contributed by atoms with van der Waals surface area (Å²) in [5.74, 6) is -2.23. The standard InChI is InChI=1S/C24H30ClN3O5/c1-15(2)21(23(30)27-16(3)24(31)32)28-22(29)19-13-18(25)9-10-20(19)33-12-11-26-14-17-7-5-4-6-8-17/h4-10,13,15-16,21,26H,11-12,14H2,1-3H3,(H,27,30)(H,28,29)(H,31,32)/t16-,21-/m0/s1. The summed E-state index contributed by atoms with van der Waals surface area (Å²) >= 11 is 6.09. The maximum absolute atomic E-state index is 13.0. The van der Waals surface area contributed by atoms with E-state index in [-0.39, 0.29) is 11.5 Å². The number of carboxylic acids is 1. The molecule has 2 amide bonds. The first-order valence-corrected chi connectivity index (χ1v) is 11.1. The smallest absolute Gasteiger partial charge is 0.325 e. The minimum atomic E-state index is -1.16. The van der Waals surface area contributed by atoms with Gasteiger partial charge in [-0.15, -0.1) is 0 Å². The summed E-state index contributed by atoms with van der Waals surface area (Å²) in [5.41, 5.74) is 1.34. The highest BCUT2D eigenvalue weighted by Crippen LogP contribution is 2.23. The molecule has 0 aliphatic carbocycles. The van der Waals surface area contributed by atoms with Gasteiger partial charge >= 0.3 is 5.97 Å². The highest BCUT2D eigenvalue weighted by atomic mass is 35.5. The van der Waals surface area contributed by atoms with Crippen LogP contribution in [0.5, 0.6) is 5.75 Å². The van der Waals surface area contributed by atoms with Crippen molar-refractivity contribution in [3.05, 3.63) is 64.7 Å². The Morgan fingerprint density at radius 3 is 2.36 bits per heavy atom. The highest BCUT2D eigenvalue weighted by Gasteiger charge is 2.28. The van der Waals surface area contributed by atoms with E-state index in [0.717, 1.165) is 5.56 Å². The molecule has 0 saturated heterocycles. The monoisotopic (exact) mass is 475 g/mol. The van der Waals surface area contributed by atoms with Crippen LogP contribution in [-0.2, 0) is 16.1 Å². The largest absolute Gasteiger partial charge is 0.491 e. The van der Waals surface area contributed by atoms with Crippen LogP contribution in [0.1, 0.15) is 36.7 Å². The lowest BCUT2D eigenvalue weighted by Crippen LogP contribution is -2.53. The summed E-state index contributed by atoms with van der Waals surface area (Å²) in [6.45, 7) is 6.43. The van der Waals surface area contributed by atoms with Gasteiger partial charge in [-0.2, -0.15) is 0 Å². The Morgan fingerprint density at radius 2 is 1.73 bits per heavy atom. The van der Waals surface area contributed by atoms with Gasteiger partial charge in [-0.25, -0.2) is 0 Å². The van der Waals surface area contributed by atoms with Crippen molar-refractivity contribution in [2.24, 2.45) is 5.92 Å². The molecule has 0 aliphatic rings. The number of aliphatic carboxylic acids is 1. The van der Waals surface area contributed by atoms with Crippen molar-refractivity contribution in [2.75, 3.05) is 13.2 Å². The van der Waals surface area contributed by atoms with E-state index in [2.05, 4.69) is 16.0 Å². The first kappa shape index (κ1) is 26.2. The molecule has 0 saturated carbocycles. The van der Waals surface area contributed by atoms with Crippen LogP contribution in [0.2, 0.25) is 5.02 Å². The molecule has 4 N–H and O–H groups in total. The second-order valence-corrected chi connectivity index (χ2v) is 8.35. The van der Waals surface area contributed by atoms with Gasteiger partial charge in [0.2, 0.25) is 5.91 Å². The van der Waals surface area contributed by atoms with Gasteiger partial charge in [-0.3, -0.25) is 14.4 Å². The van der Waals surface area contributed by atoms with E-state index < -0.39 is 29.9 Å². The van der Waals surface area contributed by atoms with Crippen LogP contribution < -0.4 is 20.7 Å². The van der Waals surface area contributed by atoms with E-state index in [1.165, 1.54) is 13.0 Å². The quantitative estimate of drug-likeness (QED) is 0.351. The fraction of sp³-hybridized carbons (Fsp3) is 0.375. The van der Waals surface area contributed by atoms with E-state index in [1.807, 2.05) is 30.3 Å². The van der Waals surface area contributed by atoms with Crippen molar-refractivity contribution in [1.82, 2.24) is 16.0 Å². The molecule has 0 unspecified atom stereocenters. The zero-order valence-corrected chi connectivity index (χ0v) is 19.7. The fourth-order valence-corrected chi connectivity index (χ4v) is 3.16. The Hall–Kier alpha value is -3.10. The molecule has 2 aromatic rings. The number of ether oxygens (including phenoxy) is 1. The molecule has 0 radical (unpaired) electrons. The van der Waals surface area contributed by atoms with Gasteiger partial charge in [-0.1, -0.05) is 55.8 Å². The molecule has 178 valence electrons. The molecule has 2 rings (SSSR count). The first-order chi connectivity index (χ1) is 15.7. The summed E-state index contributed by atoms with van der Waals surface area (Å²) < 4.78 is 5.79. The third-order valence-corrected chi connectivity index (χ3v) is 5.09. The predicted molar refractivity (Wildman–Crippen MR) is 126 cm³/mol. The molecule has 2 aromatic carbocycles. The molecule has 0 aromatic heterocycles. The topological polar surface area (TPSA) is 117 Å². The van der Waals surface area contributed by atoms with Crippen LogP contribution in [-0.4, -0.2) is 48.1 Å². The number of rotatable bonds is 12. The van der Waals surface area contributed by atoms with Crippen molar-refractivity contribution >= 4 is 29.4 Å². The summed E-state index contributed by atoms with van der Waals surface area (Å²) in [4.78, 5) is 36.5. The molecule has 0 bridgehead atoms. The molecule has 0 fully saturated rings. The van der Waals surface area contributed by atoms with E-state index in [4.69, 9.17) is 21.4 Å². The fourth-order valence-electron chi connectivity index (χ4n) is 2.99. The van der Waals surface area contributed by atoms with Crippen LogP contribution in [0.3, 0.4) is 0 Å². The number of amides is 2. The Labute approximate surface area is 198 Å². The number of carbonyl (C=O) groups is 3. The summed E-state index contributed by atoms with van der Waals surface area (Å²) in [6.07, 6.45) is 0. The van der Waals surface area contributed by atoms with E-state index in [1.54, 1.807) is 26.0 Å². The van der Waals surface area contributed by atoms with Gasteiger partial charge in [0.05, 0.1) is 5.56 Å². The lowest BCUT2D eigenvalue weighted by molar-refractivity contribution is -0.141. The molecule has 9 heteroatoms. The van der Waals surface area contributed by atoms with Crippen molar-refractivity contribution in [2.45, 2.75) is 39.4 Å². The Kier molecular flexibility index (Phi) is 10.2. The lowest BCUT2D eigenvalue weighted by atomic mass is 10.0. The lowest BCUT2D eigenvalue weighted by Gasteiger charge is -2.23. The molecule has 2 atom stereocenters. The van der Waals surface area contributed by atoms with Crippen molar-refractivity contribution in [1.29, 1.82) is 0 Å². The maximum atomic E-state index is 13.0. The van der Waals surface area contributed by atoms with Crippen LogP contribution in [0.4, 0.5) is 0 Å². The van der Waals surface area contributed by atoms with Gasteiger partial charge in [-0.05, 0) is 36.6 Å². The van der Waals surface area contributed by atoms with Gasteiger partial charge in [0.15, 0.2) is 0 Å². The summed E-state index contributed by atoms with van der Waals surface area (Å²) in [6, 6.07) is 12.6. The number of benzene rings is 2. The molecule has 33 heavy (non-hydrogen) atoms. The maximum Gasteiger partial charge on any atom is 0.325 e. The number of nitrogens with one attached hydrogen (secondary N) is 3. The van der Waals surface area contributed by atoms with Crippen LogP contribution >= 0.6 is 11.6 Å². The average molecular weight is 476 g/mol. The average Bonchev–Trinajstić information content (AvgIpc) is 2.78. The molecular formula is C24H30ClN3O5. The van der Waals surface area contributed by atoms with E-state index in [0.29, 0.717) is 30.5 Å². The van der Waals surface area contributed by atoms with Gasteiger partial charge < -0.3 is 25.8 Å². The van der Waals surface area contributed by atoms with Gasteiger partial charge in [0, 0.05) is 18.1 Å². The number of carboxylic acid groups (broad SMARTS) is 1. The molecule has 8 nitrogen and oxygen atoms in total. The zero-order chi connectivity index (χ0) is 24.4. The van der Waals surface area contributed by atoms with Crippen molar-refractivity contribution < 1.29 is 24.2 Å². The second-order valence-electron chi connectivity index (χ2n) is 7.91. The van der Waals surface area contributed by atoms with E-state index in [9.17, 15) is 14.4 Å². The predicted octanol–water partition coefficient (Wildman–Crippen LogP) is 2.85. The van der Waals surface area contributed by atoms with Crippen molar-refractivity contribution in [3.8, 4) is 5.75 Å². The third kappa shape index (κ3) is 8.40. The normalized spacial score (nSPS) is 12.6. The minimum Gasteiger partial charge on any atom is -0.491 e. The van der Waals surface area contributed by atoms with E-state index >= 15 is 0 Å². The molecule has 0 heterocycles. The second kappa shape index (κ2) is 12.8. The molecular weight excluding hydrogens is 446 g/mol. The Balaban J connectivity index is 2.00. The SMILES string of the molecule is CC(C)[C@H](NC(=O)c1cc(Cl)ccc1OCCNCc1ccccc1)C(=O)N[C@@H](C)C(=O)O. The van der Waals surface area contributed by atoms with Crippen molar-refractivity contribution in [3.63, 3.8) is 0 Å². The zero-order valence-electron chi connectivity index (χ0n) is 18.9. The van der Waals surface area contributed by atoms with Gasteiger partial charge in [0.25, 0.3) is 5.91 Å². The highest BCUT2D eigenvalue weighted by molar-refractivity contribution is 6.31. The number of halogens is 1. The Morgan fingerprint density at radius 1 is 1.03 bits per heavy atom. The third-order valence-electron chi connectivity index (χ3n) is 4.86. The first-order valence-electron chi connectivity index (χ1n) is 10.7. The summed E-state index contributed by atoms with van der Waals surface area (Å²) in [5, 5.41) is 17.7. The van der Waals surface area contributed by atoms with Gasteiger partial charge in [0.1, 0.15) is 24.4 Å². The number of carbonyl (C=O) groups excluding carboxylic acids is 2. The molecule has 0 spiro atoms. The summed E-state index contributed by atoms with van der Waals surface area (Å²) in [7, 11) is 0. The number of hydrogen-bond acceptors (Lipinski definition) is 5. The molecule has 0 aliphatic heterocycles.